The van der Waals surface area contributed by atoms with Gasteiger partial charge in [-0.3, -0.25) is 0 Å². The molecule has 0 fully saturated rings. The number of hydrogen-bond acceptors (Lipinski definition) is 5. The zero-order valence-corrected chi connectivity index (χ0v) is 10.8. The number of fused-ring (bicyclic) bond motifs is 2. The Morgan fingerprint density at radius 1 is 1.14 bits per heavy atom. The van der Waals surface area contributed by atoms with Crippen molar-refractivity contribution in [3.05, 3.63) is 48.3 Å². The Labute approximate surface area is 119 Å². The number of benzene rings is 2. The van der Waals surface area contributed by atoms with E-state index < -0.39 is 5.97 Å². The molecular formula is C15H10N2O4. The van der Waals surface area contributed by atoms with Gasteiger partial charge in [-0.2, -0.15) is 0 Å². The van der Waals surface area contributed by atoms with Gasteiger partial charge in [-0.15, -0.1) is 0 Å². The Kier molecular flexibility index (Phi) is 2.53. The molecule has 2 heterocycles. The number of nitrogens with zero attached hydrogens (tertiary/aromatic N) is 1. The number of H-pyrrole nitrogens is 1. The topological polar surface area (TPSA) is 73.4 Å². The lowest BCUT2D eigenvalue weighted by molar-refractivity contribution is 0.0734. The maximum atomic E-state index is 12.1. The third-order valence-corrected chi connectivity index (χ3v) is 3.21. The summed E-state index contributed by atoms with van der Waals surface area (Å²) >= 11 is 0. The smallest absolute Gasteiger partial charge is 0.343 e. The number of ether oxygens (including phenoxy) is 3. The average molecular weight is 282 g/mol. The van der Waals surface area contributed by atoms with E-state index >= 15 is 0 Å². The van der Waals surface area contributed by atoms with Crippen molar-refractivity contribution in [1.29, 1.82) is 0 Å². The van der Waals surface area contributed by atoms with E-state index in [0.717, 1.165) is 11.0 Å². The fraction of sp³-hybridized carbons (Fsp3) is 0.0667. The molecule has 6 nitrogen and oxygen atoms in total. The highest BCUT2D eigenvalue weighted by Gasteiger charge is 2.17. The molecule has 2 aromatic carbocycles. The second-order valence-corrected chi connectivity index (χ2v) is 4.54. The second-order valence-electron chi connectivity index (χ2n) is 4.54. The van der Waals surface area contributed by atoms with Crippen molar-refractivity contribution in [2.75, 3.05) is 6.79 Å². The standard InChI is InChI=1S/C15H10N2O4/c18-15(9-1-4-13-14(5-9)20-8-19-13)21-10-2-3-11-12(6-10)17-7-16-11/h1-7H,8H2,(H,16,17). The van der Waals surface area contributed by atoms with E-state index in [2.05, 4.69) is 9.97 Å². The van der Waals surface area contributed by atoms with E-state index in [1.165, 1.54) is 0 Å². The third-order valence-electron chi connectivity index (χ3n) is 3.21. The van der Waals surface area contributed by atoms with Crippen molar-refractivity contribution in [3.63, 3.8) is 0 Å². The van der Waals surface area contributed by atoms with Gasteiger partial charge in [0.2, 0.25) is 6.79 Å². The first-order valence-electron chi connectivity index (χ1n) is 6.34. The molecule has 3 aromatic rings. The SMILES string of the molecule is O=C(Oc1ccc2nc[nH]c2c1)c1ccc2c(c1)OCO2. The molecule has 1 aliphatic heterocycles. The zero-order valence-electron chi connectivity index (χ0n) is 10.8. The summed E-state index contributed by atoms with van der Waals surface area (Å²) in [6, 6.07) is 10.2. The number of carbonyl (C=O) groups is 1. The number of aromatic amines is 1. The Morgan fingerprint density at radius 2 is 2.05 bits per heavy atom. The molecule has 0 unspecified atom stereocenters. The van der Waals surface area contributed by atoms with Gasteiger partial charge < -0.3 is 19.2 Å². The average Bonchev–Trinajstić information content (AvgIpc) is 3.14. The fourth-order valence-electron chi connectivity index (χ4n) is 2.17. The van der Waals surface area contributed by atoms with Crippen molar-refractivity contribution < 1.29 is 19.0 Å². The van der Waals surface area contributed by atoms with Crippen molar-refractivity contribution in [2.45, 2.75) is 0 Å². The highest BCUT2D eigenvalue weighted by Crippen LogP contribution is 2.32. The number of imidazole rings is 1. The molecule has 0 bridgehead atoms. The summed E-state index contributed by atoms with van der Waals surface area (Å²) in [6.07, 6.45) is 1.59. The molecule has 0 saturated heterocycles. The maximum Gasteiger partial charge on any atom is 0.343 e. The number of carbonyl (C=O) groups excluding carboxylic acids is 1. The number of nitrogens with one attached hydrogen (secondary N) is 1. The van der Waals surface area contributed by atoms with Gasteiger partial charge in [0.15, 0.2) is 11.5 Å². The van der Waals surface area contributed by atoms with Crippen molar-refractivity contribution >= 4 is 17.0 Å². The van der Waals surface area contributed by atoms with E-state index in [4.69, 9.17) is 14.2 Å². The van der Waals surface area contributed by atoms with Crippen LogP contribution in [0.15, 0.2) is 42.7 Å². The van der Waals surface area contributed by atoms with E-state index in [-0.39, 0.29) is 6.79 Å². The Balaban J connectivity index is 1.59. The van der Waals surface area contributed by atoms with Crippen LogP contribution in [0, 0.1) is 0 Å². The van der Waals surface area contributed by atoms with Crippen LogP contribution >= 0.6 is 0 Å². The third kappa shape index (κ3) is 2.06. The summed E-state index contributed by atoms with van der Waals surface area (Å²) < 4.78 is 15.8. The first-order valence-corrected chi connectivity index (χ1v) is 6.34. The molecular weight excluding hydrogens is 272 g/mol. The number of aromatic nitrogens is 2. The molecule has 0 aliphatic carbocycles. The van der Waals surface area contributed by atoms with Crippen molar-refractivity contribution in [2.24, 2.45) is 0 Å². The number of rotatable bonds is 2. The van der Waals surface area contributed by atoms with Crippen molar-refractivity contribution in [3.8, 4) is 17.2 Å². The van der Waals surface area contributed by atoms with Crippen LogP contribution in [0.2, 0.25) is 0 Å². The van der Waals surface area contributed by atoms with Crippen LogP contribution < -0.4 is 14.2 Å². The predicted octanol–water partition coefficient (Wildman–Crippen LogP) is 2.51. The van der Waals surface area contributed by atoms with Crippen LogP contribution in [0.5, 0.6) is 17.2 Å². The molecule has 1 N–H and O–H groups in total. The summed E-state index contributed by atoms with van der Waals surface area (Å²) in [4.78, 5) is 19.2. The summed E-state index contributed by atoms with van der Waals surface area (Å²) in [7, 11) is 0. The summed E-state index contributed by atoms with van der Waals surface area (Å²) in [5.74, 6) is 1.18. The van der Waals surface area contributed by atoms with Crippen LogP contribution in [0.4, 0.5) is 0 Å². The van der Waals surface area contributed by atoms with Gasteiger partial charge in [-0.25, -0.2) is 9.78 Å². The van der Waals surface area contributed by atoms with Crippen LogP contribution in [-0.4, -0.2) is 22.7 Å². The van der Waals surface area contributed by atoms with Crippen LogP contribution in [-0.2, 0) is 0 Å². The minimum atomic E-state index is -0.452. The molecule has 6 heteroatoms. The largest absolute Gasteiger partial charge is 0.454 e. The minimum absolute atomic E-state index is 0.171. The summed E-state index contributed by atoms with van der Waals surface area (Å²) in [6.45, 7) is 0.171. The molecule has 0 atom stereocenters. The molecule has 1 aromatic heterocycles. The van der Waals surface area contributed by atoms with Gasteiger partial charge in [0, 0.05) is 6.07 Å². The first kappa shape index (κ1) is 11.8. The minimum Gasteiger partial charge on any atom is -0.454 e. The predicted molar refractivity (Wildman–Crippen MR) is 73.6 cm³/mol. The monoisotopic (exact) mass is 282 g/mol. The van der Waals surface area contributed by atoms with Crippen molar-refractivity contribution in [1.82, 2.24) is 9.97 Å². The summed E-state index contributed by atoms with van der Waals surface area (Å²) in [5, 5.41) is 0. The molecule has 0 spiro atoms. The quantitative estimate of drug-likeness (QED) is 0.577. The lowest BCUT2D eigenvalue weighted by Crippen LogP contribution is -2.08. The maximum absolute atomic E-state index is 12.1. The second kappa shape index (κ2) is 4.52. The molecule has 0 saturated carbocycles. The van der Waals surface area contributed by atoms with E-state index in [0.29, 0.717) is 22.8 Å². The van der Waals surface area contributed by atoms with E-state index in [1.807, 2.05) is 0 Å². The molecule has 104 valence electrons. The van der Waals surface area contributed by atoms with Gasteiger partial charge in [-0.05, 0) is 30.3 Å². The van der Waals surface area contributed by atoms with E-state index in [9.17, 15) is 4.79 Å². The van der Waals surface area contributed by atoms with E-state index in [1.54, 1.807) is 42.7 Å². The zero-order chi connectivity index (χ0) is 14.2. The Bertz CT molecular complexity index is 841. The highest BCUT2D eigenvalue weighted by molar-refractivity contribution is 5.92. The molecule has 21 heavy (non-hydrogen) atoms. The van der Waals surface area contributed by atoms with Crippen LogP contribution in [0.25, 0.3) is 11.0 Å². The Hall–Kier alpha value is -3.02. The van der Waals surface area contributed by atoms with Gasteiger partial charge >= 0.3 is 5.97 Å². The lowest BCUT2D eigenvalue weighted by Gasteiger charge is -2.05. The molecule has 1 aliphatic rings. The van der Waals surface area contributed by atoms with Crippen LogP contribution in [0.3, 0.4) is 0 Å². The number of esters is 1. The van der Waals surface area contributed by atoms with Crippen LogP contribution in [0.1, 0.15) is 10.4 Å². The normalized spacial score (nSPS) is 12.6. The lowest BCUT2D eigenvalue weighted by atomic mass is 10.2. The Morgan fingerprint density at radius 3 is 3.00 bits per heavy atom. The first-order chi connectivity index (χ1) is 10.3. The number of hydrogen-bond donors (Lipinski definition) is 1. The molecule has 0 amide bonds. The highest BCUT2D eigenvalue weighted by atomic mass is 16.7. The fourth-order valence-corrected chi connectivity index (χ4v) is 2.17. The van der Waals surface area contributed by atoms with Gasteiger partial charge in [-0.1, -0.05) is 0 Å². The van der Waals surface area contributed by atoms with Gasteiger partial charge in [0.25, 0.3) is 0 Å². The molecule has 4 rings (SSSR count). The summed E-state index contributed by atoms with van der Waals surface area (Å²) in [5.41, 5.74) is 2.04. The van der Waals surface area contributed by atoms with Gasteiger partial charge in [0.1, 0.15) is 5.75 Å². The van der Waals surface area contributed by atoms with Gasteiger partial charge in [0.05, 0.1) is 22.9 Å². The molecule has 0 radical (unpaired) electrons.